The molecule has 2 saturated heterocycles. The number of aromatic nitrogens is 2. The quantitative estimate of drug-likeness (QED) is 0.629. The Morgan fingerprint density at radius 3 is 2.26 bits per heavy atom. The molecule has 0 atom stereocenters. The van der Waals surface area contributed by atoms with E-state index in [1.54, 1.807) is 0 Å². The van der Waals surface area contributed by atoms with Crippen molar-refractivity contribution in [3.8, 4) is 16.9 Å². The van der Waals surface area contributed by atoms with Crippen molar-refractivity contribution in [2.45, 2.75) is 38.6 Å². The molecule has 0 saturated carbocycles. The zero-order valence-corrected chi connectivity index (χ0v) is 18.2. The van der Waals surface area contributed by atoms with Crippen LogP contribution in [0.3, 0.4) is 0 Å². The number of hydrogen-bond acceptors (Lipinski definition) is 3. The van der Waals surface area contributed by atoms with Crippen LogP contribution in [0.25, 0.3) is 16.9 Å². The number of rotatable bonds is 4. The van der Waals surface area contributed by atoms with Gasteiger partial charge in [0.25, 0.3) is 5.91 Å². The van der Waals surface area contributed by atoms with Gasteiger partial charge in [-0.1, -0.05) is 48.0 Å². The largest absolute Gasteiger partial charge is 0.338 e. The standard InChI is InChI=1S/C26H30N4O/c1-20-9-11-23(12-10-20)30-19-24(25(27-30)21-7-3-2-4-8-21)26(31)29-17-13-22(14-18-29)28-15-5-6-16-28/h2-4,7-12,19,22H,5-6,13-18H2,1H3. The predicted molar refractivity (Wildman–Crippen MR) is 123 cm³/mol. The lowest BCUT2D eigenvalue weighted by molar-refractivity contribution is 0.0645. The van der Waals surface area contributed by atoms with Gasteiger partial charge >= 0.3 is 0 Å². The maximum absolute atomic E-state index is 13.6. The van der Waals surface area contributed by atoms with E-state index in [0.29, 0.717) is 11.6 Å². The van der Waals surface area contributed by atoms with Gasteiger partial charge in [0, 0.05) is 30.9 Å². The Bertz CT molecular complexity index is 1030. The number of carbonyl (C=O) groups is 1. The highest BCUT2D eigenvalue weighted by molar-refractivity contribution is 6.00. The van der Waals surface area contributed by atoms with Gasteiger partial charge in [-0.05, 0) is 57.8 Å². The smallest absolute Gasteiger partial charge is 0.257 e. The summed E-state index contributed by atoms with van der Waals surface area (Å²) < 4.78 is 1.84. The molecule has 5 heteroatoms. The fraction of sp³-hybridized carbons (Fsp3) is 0.385. The first-order valence-corrected chi connectivity index (χ1v) is 11.4. The SMILES string of the molecule is Cc1ccc(-n2cc(C(=O)N3CCC(N4CCCC4)CC3)c(-c3ccccc3)n2)cc1. The Morgan fingerprint density at radius 2 is 1.58 bits per heavy atom. The Hall–Kier alpha value is -2.92. The van der Waals surface area contributed by atoms with Crippen LogP contribution in [-0.2, 0) is 0 Å². The summed E-state index contributed by atoms with van der Waals surface area (Å²) in [6.45, 7) is 6.16. The van der Waals surface area contributed by atoms with Crippen LogP contribution in [0.1, 0.15) is 41.6 Å². The van der Waals surface area contributed by atoms with Crippen LogP contribution in [0.5, 0.6) is 0 Å². The van der Waals surface area contributed by atoms with Crippen LogP contribution < -0.4 is 0 Å². The fourth-order valence-corrected chi connectivity index (χ4v) is 4.88. The summed E-state index contributed by atoms with van der Waals surface area (Å²) >= 11 is 0. The number of benzene rings is 2. The highest BCUT2D eigenvalue weighted by Crippen LogP contribution is 2.27. The van der Waals surface area contributed by atoms with Crippen molar-refractivity contribution in [3.05, 3.63) is 71.9 Å². The van der Waals surface area contributed by atoms with Crippen molar-refractivity contribution in [2.75, 3.05) is 26.2 Å². The van der Waals surface area contributed by atoms with Gasteiger partial charge in [0.15, 0.2) is 0 Å². The summed E-state index contributed by atoms with van der Waals surface area (Å²) in [6.07, 6.45) is 6.68. The summed E-state index contributed by atoms with van der Waals surface area (Å²) in [7, 11) is 0. The van der Waals surface area contributed by atoms with Gasteiger partial charge in [-0.25, -0.2) is 4.68 Å². The average molecular weight is 415 g/mol. The van der Waals surface area contributed by atoms with Crippen molar-refractivity contribution < 1.29 is 4.79 Å². The lowest BCUT2D eigenvalue weighted by atomic mass is 10.0. The minimum Gasteiger partial charge on any atom is -0.338 e. The fourth-order valence-electron chi connectivity index (χ4n) is 4.88. The van der Waals surface area contributed by atoms with Crippen LogP contribution in [0.2, 0.25) is 0 Å². The van der Waals surface area contributed by atoms with Crippen molar-refractivity contribution in [1.29, 1.82) is 0 Å². The second kappa shape index (κ2) is 8.67. The van der Waals surface area contributed by atoms with Gasteiger partial charge in [0.05, 0.1) is 11.3 Å². The van der Waals surface area contributed by atoms with Gasteiger partial charge < -0.3 is 9.80 Å². The number of carbonyl (C=O) groups excluding carboxylic acids is 1. The third-order valence-corrected chi connectivity index (χ3v) is 6.70. The molecule has 0 N–H and O–H groups in total. The summed E-state index contributed by atoms with van der Waals surface area (Å²) in [4.78, 5) is 18.2. The van der Waals surface area contributed by atoms with Gasteiger partial charge in [-0.15, -0.1) is 0 Å². The number of piperidine rings is 1. The minimum atomic E-state index is 0.0945. The van der Waals surface area contributed by atoms with Crippen LogP contribution in [-0.4, -0.2) is 57.7 Å². The Labute approximate surface area is 184 Å². The Balaban J connectivity index is 1.42. The minimum absolute atomic E-state index is 0.0945. The molecule has 0 bridgehead atoms. The molecule has 0 unspecified atom stereocenters. The molecule has 2 aliphatic heterocycles. The number of hydrogen-bond donors (Lipinski definition) is 0. The molecule has 5 rings (SSSR count). The Morgan fingerprint density at radius 1 is 0.903 bits per heavy atom. The van der Waals surface area contributed by atoms with E-state index >= 15 is 0 Å². The van der Waals surface area contributed by atoms with E-state index in [9.17, 15) is 4.79 Å². The van der Waals surface area contributed by atoms with E-state index in [1.165, 1.54) is 31.5 Å². The second-order valence-corrected chi connectivity index (χ2v) is 8.80. The first-order valence-electron chi connectivity index (χ1n) is 11.4. The predicted octanol–water partition coefficient (Wildman–Crippen LogP) is 4.55. The van der Waals surface area contributed by atoms with Gasteiger partial charge in [0.2, 0.25) is 0 Å². The van der Waals surface area contributed by atoms with E-state index in [-0.39, 0.29) is 5.91 Å². The Kier molecular flexibility index (Phi) is 5.60. The molecular formula is C26H30N4O. The molecular weight excluding hydrogens is 384 g/mol. The molecule has 1 amide bonds. The second-order valence-electron chi connectivity index (χ2n) is 8.80. The topological polar surface area (TPSA) is 41.4 Å². The van der Waals surface area contributed by atoms with Crippen molar-refractivity contribution in [2.24, 2.45) is 0 Å². The number of amides is 1. The molecule has 3 heterocycles. The first-order chi connectivity index (χ1) is 15.2. The third kappa shape index (κ3) is 4.15. The number of likely N-dealkylation sites (tertiary alicyclic amines) is 2. The number of nitrogens with zero attached hydrogens (tertiary/aromatic N) is 4. The normalized spacial score (nSPS) is 17.9. The van der Waals surface area contributed by atoms with Crippen LogP contribution in [0, 0.1) is 6.92 Å². The molecule has 0 radical (unpaired) electrons. The number of aryl methyl sites for hydroxylation is 1. The lowest BCUT2D eigenvalue weighted by Gasteiger charge is -2.36. The van der Waals surface area contributed by atoms with Crippen LogP contribution in [0.4, 0.5) is 0 Å². The molecule has 2 aromatic carbocycles. The molecule has 31 heavy (non-hydrogen) atoms. The zero-order chi connectivity index (χ0) is 21.2. The third-order valence-electron chi connectivity index (χ3n) is 6.70. The van der Waals surface area contributed by atoms with Crippen molar-refractivity contribution in [1.82, 2.24) is 19.6 Å². The van der Waals surface area contributed by atoms with E-state index in [2.05, 4.69) is 24.0 Å². The molecule has 5 nitrogen and oxygen atoms in total. The maximum Gasteiger partial charge on any atom is 0.257 e. The van der Waals surface area contributed by atoms with E-state index in [0.717, 1.165) is 42.9 Å². The van der Waals surface area contributed by atoms with Crippen LogP contribution in [0.15, 0.2) is 60.8 Å². The van der Waals surface area contributed by atoms with Gasteiger partial charge in [-0.2, -0.15) is 5.10 Å². The molecule has 0 aliphatic carbocycles. The molecule has 2 fully saturated rings. The van der Waals surface area contributed by atoms with Gasteiger partial charge in [0.1, 0.15) is 5.69 Å². The zero-order valence-electron chi connectivity index (χ0n) is 18.2. The summed E-state index contributed by atoms with van der Waals surface area (Å²) in [5, 5.41) is 4.84. The van der Waals surface area contributed by atoms with Crippen molar-refractivity contribution >= 4 is 5.91 Å². The summed E-state index contributed by atoms with van der Waals surface area (Å²) in [6, 6.07) is 18.9. The highest BCUT2D eigenvalue weighted by atomic mass is 16.2. The molecule has 3 aromatic rings. The highest BCUT2D eigenvalue weighted by Gasteiger charge is 2.30. The summed E-state index contributed by atoms with van der Waals surface area (Å²) in [5.74, 6) is 0.0945. The van der Waals surface area contributed by atoms with Crippen molar-refractivity contribution in [3.63, 3.8) is 0 Å². The van der Waals surface area contributed by atoms with Crippen LogP contribution >= 0.6 is 0 Å². The summed E-state index contributed by atoms with van der Waals surface area (Å²) in [5.41, 5.74) is 4.59. The monoisotopic (exact) mass is 414 g/mol. The molecule has 0 spiro atoms. The lowest BCUT2D eigenvalue weighted by Crippen LogP contribution is -2.45. The first kappa shape index (κ1) is 20.0. The molecule has 2 aliphatic rings. The molecule has 1 aromatic heterocycles. The van der Waals surface area contributed by atoms with Gasteiger partial charge in [-0.3, -0.25) is 4.79 Å². The van der Waals surface area contributed by atoms with E-state index in [4.69, 9.17) is 5.10 Å². The van der Waals surface area contributed by atoms with E-state index in [1.807, 2.05) is 58.2 Å². The van der Waals surface area contributed by atoms with E-state index < -0.39 is 0 Å². The maximum atomic E-state index is 13.6. The average Bonchev–Trinajstić information content (AvgIpc) is 3.51. The molecule has 160 valence electrons.